The number of carbonyl (C=O) groups is 3. The molecule has 0 aromatic heterocycles. The lowest BCUT2D eigenvalue weighted by molar-refractivity contribution is -0.153. The van der Waals surface area contributed by atoms with Crippen LogP contribution in [-0.4, -0.2) is 35.3 Å². The Bertz CT molecular complexity index is 610. The predicted octanol–water partition coefficient (Wildman–Crippen LogP) is 1.21. The summed E-state index contributed by atoms with van der Waals surface area (Å²) in [6.07, 6.45) is -2.03. The Kier molecular flexibility index (Phi) is 6.55. The number of hydrogen-bond donors (Lipinski definition) is 2. The molecular weight excluding hydrogens is 304 g/mol. The second-order valence-corrected chi connectivity index (χ2v) is 4.49. The summed E-state index contributed by atoms with van der Waals surface area (Å²) in [7, 11) is 0. The fourth-order valence-corrected chi connectivity index (χ4v) is 1.70. The number of nitrogens with one attached hydrogen (secondary N) is 1. The fourth-order valence-electron chi connectivity index (χ4n) is 1.70. The Morgan fingerprint density at radius 3 is 2.43 bits per heavy atom. The molecule has 2 N–H and O–H groups in total. The Morgan fingerprint density at radius 1 is 1.26 bits per heavy atom. The van der Waals surface area contributed by atoms with Crippen LogP contribution in [0, 0.1) is 11.3 Å². The normalized spacial score (nSPS) is 12.3. The van der Waals surface area contributed by atoms with Crippen molar-refractivity contribution in [3.8, 4) is 6.07 Å². The minimum Gasteiger partial charge on any atom is -0.481 e. The first-order chi connectivity index (χ1) is 10.9. The maximum absolute atomic E-state index is 11.9. The molecule has 0 fully saturated rings. The van der Waals surface area contributed by atoms with Gasteiger partial charge in [-0.1, -0.05) is 30.3 Å². The summed E-state index contributed by atoms with van der Waals surface area (Å²) in [4.78, 5) is 34.6. The van der Waals surface area contributed by atoms with Crippen molar-refractivity contribution < 1.29 is 29.0 Å². The van der Waals surface area contributed by atoms with Crippen molar-refractivity contribution in [2.75, 3.05) is 6.61 Å². The zero-order chi connectivity index (χ0) is 17.3. The Morgan fingerprint density at radius 2 is 1.91 bits per heavy atom. The van der Waals surface area contributed by atoms with Crippen LogP contribution in [0.2, 0.25) is 0 Å². The van der Waals surface area contributed by atoms with Crippen molar-refractivity contribution in [3.63, 3.8) is 0 Å². The third kappa shape index (κ3) is 5.32. The van der Waals surface area contributed by atoms with E-state index in [9.17, 15) is 19.6 Å². The summed E-state index contributed by atoms with van der Waals surface area (Å²) in [5.41, 5.74) is -1.64. The summed E-state index contributed by atoms with van der Waals surface area (Å²) in [5.74, 6) is -2.59. The van der Waals surface area contributed by atoms with E-state index >= 15 is 0 Å². The van der Waals surface area contributed by atoms with Crippen molar-refractivity contribution in [1.29, 1.82) is 5.26 Å². The van der Waals surface area contributed by atoms with Gasteiger partial charge in [0.2, 0.25) is 5.54 Å². The first kappa shape index (κ1) is 18.0. The molecule has 122 valence electrons. The van der Waals surface area contributed by atoms with Gasteiger partial charge in [0.15, 0.2) is 0 Å². The van der Waals surface area contributed by atoms with Gasteiger partial charge in [0.1, 0.15) is 12.7 Å². The zero-order valence-corrected chi connectivity index (χ0v) is 12.4. The largest absolute Gasteiger partial charge is 0.481 e. The van der Waals surface area contributed by atoms with Crippen molar-refractivity contribution in [2.24, 2.45) is 0 Å². The van der Waals surface area contributed by atoms with Crippen LogP contribution in [0.25, 0.3) is 0 Å². The molecule has 0 bridgehead atoms. The first-order valence-corrected chi connectivity index (χ1v) is 6.72. The third-order valence-electron chi connectivity index (χ3n) is 2.76. The maximum Gasteiger partial charge on any atom is 0.409 e. The molecule has 8 nitrogen and oxygen atoms in total. The van der Waals surface area contributed by atoms with Gasteiger partial charge in [0.25, 0.3) is 0 Å². The lowest BCUT2D eigenvalue weighted by atomic mass is 9.97. The number of hydrogen-bond acceptors (Lipinski definition) is 6. The molecule has 0 heterocycles. The molecule has 0 saturated heterocycles. The predicted molar refractivity (Wildman–Crippen MR) is 77.0 cm³/mol. The van der Waals surface area contributed by atoms with E-state index in [1.807, 2.05) is 5.32 Å². The minimum atomic E-state index is -2.34. The molecule has 0 radical (unpaired) electrons. The van der Waals surface area contributed by atoms with E-state index in [1.54, 1.807) is 30.3 Å². The highest BCUT2D eigenvalue weighted by Crippen LogP contribution is 2.13. The van der Waals surface area contributed by atoms with Gasteiger partial charge in [-0.05, 0) is 12.5 Å². The van der Waals surface area contributed by atoms with Crippen LogP contribution in [-0.2, 0) is 25.7 Å². The van der Waals surface area contributed by atoms with Crippen molar-refractivity contribution >= 4 is 18.0 Å². The summed E-state index contributed by atoms with van der Waals surface area (Å²) < 4.78 is 9.56. The quantitative estimate of drug-likeness (QED) is 0.723. The minimum absolute atomic E-state index is 0.0668. The van der Waals surface area contributed by atoms with Gasteiger partial charge in [-0.2, -0.15) is 5.26 Å². The number of nitrogens with zero attached hydrogens (tertiary/aromatic N) is 1. The van der Waals surface area contributed by atoms with E-state index in [-0.39, 0.29) is 13.2 Å². The number of alkyl carbamates (subject to hydrolysis) is 1. The number of ether oxygens (including phenoxy) is 2. The van der Waals surface area contributed by atoms with E-state index < -0.39 is 30.0 Å². The number of carboxylic acid groups (broad SMARTS) is 1. The van der Waals surface area contributed by atoms with E-state index in [0.29, 0.717) is 5.56 Å². The summed E-state index contributed by atoms with van der Waals surface area (Å²) in [6, 6.07) is 10.2. The molecule has 1 atom stereocenters. The average Bonchev–Trinajstić information content (AvgIpc) is 2.53. The highest BCUT2D eigenvalue weighted by Gasteiger charge is 2.45. The molecule has 1 amide bonds. The van der Waals surface area contributed by atoms with E-state index in [1.165, 1.54) is 13.0 Å². The monoisotopic (exact) mass is 320 g/mol. The molecule has 8 heteroatoms. The Labute approximate surface area is 132 Å². The smallest absolute Gasteiger partial charge is 0.409 e. The average molecular weight is 320 g/mol. The number of esters is 1. The van der Waals surface area contributed by atoms with Gasteiger partial charge in [-0.15, -0.1) is 0 Å². The number of rotatable bonds is 7. The van der Waals surface area contributed by atoms with Crippen LogP contribution in [0.15, 0.2) is 30.3 Å². The van der Waals surface area contributed by atoms with Crippen LogP contribution >= 0.6 is 0 Å². The SMILES string of the molecule is CCOC(=O)C(C#N)(CC(=O)O)NC(=O)OCc1ccccc1. The molecule has 0 aliphatic carbocycles. The van der Waals surface area contributed by atoms with Crippen LogP contribution in [0.3, 0.4) is 0 Å². The lowest BCUT2D eigenvalue weighted by Gasteiger charge is -2.23. The summed E-state index contributed by atoms with van der Waals surface area (Å²) >= 11 is 0. The summed E-state index contributed by atoms with van der Waals surface area (Å²) in [6.45, 7) is 1.33. The molecule has 1 aromatic carbocycles. The number of amides is 1. The van der Waals surface area contributed by atoms with Gasteiger partial charge in [-0.25, -0.2) is 9.59 Å². The first-order valence-electron chi connectivity index (χ1n) is 6.72. The standard InChI is InChI=1S/C15H16N2O6/c1-2-22-13(20)15(10-16,8-12(18)19)17-14(21)23-9-11-6-4-3-5-7-11/h3-7H,2,8-9H2,1H3,(H,17,21)(H,18,19). The number of carbonyl (C=O) groups excluding carboxylic acids is 2. The Balaban J connectivity index is 2.79. The molecule has 1 unspecified atom stereocenters. The van der Waals surface area contributed by atoms with Gasteiger partial charge >= 0.3 is 18.0 Å². The van der Waals surface area contributed by atoms with Gasteiger partial charge < -0.3 is 14.6 Å². The highest BCUT2D eigenvalue weighted by molar-refractivity contribution is 5.93. The molecule has 0 spiro atoms. The zero-order valence-electron chi connectivity index (χ0n) is 12.4. The molecule has 1 aromatic rings. The Hall–Kier alpha value is -3.08. The second kappa shape index (κ2) is 8.38. The van der Waals surface area contributed by atoms with Crippen molar-refractivity contribution in [2.45, 2.75) is 25.5 Å². The van der Waals surface area contributed by atoms with Gasteiger partial charge in [-0.3, -0.25) is 10.1 Å². The third-order valence-corrected chi connectivity index (χ3v) is 2.76. The topological polar surface area (TPSA) is 126 Å². The molecular formula is C15H16N2O6. The number of benzene rings is 1. The highest BCUT2D eigenvalue weighted by atomic mass is 16.6. The second-order valence-electron chi connectivity index (χ2n) is 4.49. The van der Waals surface area contributed by atoms with Crippen molar-refractivity contribution in [3.05, 3.63) is 35.9 Å². The molecule has 23 heavy (non-hydrogen) atoms. The number of aliphatic carboxylic acids is 1. The van der Waals surface area contributed by atoms with Crippen LogP contribution in [0.5, 0.6) is 0 Å². The van der Waals surface area contributed by atoms with E-state index in [4.69, 9.17) is 9.84 Å². The molecule has 0 aliphatic heterocycles. The van der Waals surface area contributed by atoms with Crippen LogP contribution in [0.1, 0.15) is 18.9 Å². The summed E-state index contributed by atoms with van der Waals surface area (Å²) in [5, 5.41) is 20.0. The number of carboxylic acids is 1. The maximum atomic E-state index is 11.9. The van der Waals surface area contributed by atoms with E-state index in [2.05, 4.69) is 4.74 Å². The molecule has 0 saturated carbocycles. The van der Waals surface area contributed by atoms with E-state index in [0.717, 1.165) is 0 Å². The van der Waals surface area contributed by atoms with Crippen LogP contribution in [0.4, 0.5) is 4.79 Å². The lowest BCUT2D eigenvalue weighted by Crippen LogP contribution is -2.55. The van der Waals surface area contributed by atoms with Crippen LogP contribution < -0.4 is 5.32 Å². The van der Waals surface area contributed by atoms with Crippen molar-refractivity contribution in [1.82, 2.24) is 5.32 Å². The number of nitriles is 1. The van der Waals surface area contributed by atoms with Gasteiger partial charge in [0.05, 0.1) is 13.0 Å². The molecule has 0 aliphatic rings. The molecule has 1 rings (SSSR count). The fraction of sp³-hybridized carbons (Fsp3) is 0.333. The van der Waals surface area contributed by atoms with Gasteiger partial charge in [0, 0.05) is 0 Å².